The SMILES string of the molecule is Cc1nc(CN2C[C@@H](O)[C@H](NS(C)(=O)=O)C2)cs1. The molecule has 1 saturated heterocycles. The van der Waals surface area contributed by atoms with E-state index in [1.54, 1.807) is 11.3 Å². The number of β-amino-alcohol motifs (C(OH)–C–C–N with tert-alkyl or cyclic N) is 1. The maximum Gasteiger partial charge on any atom is 0.209 e. The molecule has 1 aliphatic heterocycles. The number of rotatable bonds is 4. The van der Waals surface area contributed by atoms with Gasteiger partial charge in [-0.05, 0) is 6.92 Å². The lowest BCUT2D eigenvalue weighted by Gasteiger charge is -2.14. The van der Waals surface area contributed by atoms with E-state index < -0.39 is 22.2 Å². The fourth-order valence-corrected chi connectivity index (χ4v) is 3.48. The molecule has 18 heavy (non-hydrogen) atoms. The number of likely N-dealkylation sites (tertiary alicyclic amines) is 1. The Labute approximate surface area is 111 Å². The van der Waals surface area contributed by atoms with Crippen LogP contribution in [0.1, 0.15) is 10.7 Å². The predicted octanol–water partition coefficient (Wildman–Crippen LogP) is -0.454. The molecule has 1 aromatic rings. The summed E-state index contributed by atoms with van der Waals surface area (Å²) in [7, 11) is -3.28. The highest BCUT2D eigenvalue weighted by molar-refractivity contribution is 7.88. The molecule has 8 heteroatoms. The molecule has 0 radical (unpaired) electrons. The lowest BCUT2D eigenvalue weighted by atomic mass is 10.2. The first kappa shape index (κ1) is 13.9. The zero-order chi connectivity index (χ0) is 13.3. The van der Waals surface area contributed by atoms with Crippen molar-refractivity contribution < 1.29 is 13.5 Å². The van der Waals surface area contributed by atoms with Crippen molar-refractivity contribution >= 4 is 21.4 Å². The zero-order valence-electron chi connectivity index (χ0n) is 10.3. The van der Waals surface area contributed by atoms with Gasteiger partial charge < -0.3 is 5.11 Å². The summed E-state index contributed by atoms with van der Waals surface area (Å²) in [6, 6.07) is -0.431. The summed E-state index contributed by atoms with van der Waals surface area (Å²) in [5, 5.41) is 12.8. The average Bonchev–Trinajstić information content (AvgIpc) is 2.73. The number of sulfonamides is 1. The molecule has 2 rings (SSSR count). The predicted molar refractivity (Wildman–Crippen MR) is 69.9 cm³/mol. The Morgan fingerprint density at radius 3 is 2.89 bits per heavy atom. The standard InChI is InChI=1S/C10H17N3O3S2/c1-7-11-8(6-17-7)3-13-4-9(10(14)5-13)12-18(2,15)16/h6,9-10,12,14H,3-5H2,1-2H3/t9-,10-/m1/s1. The summed E-state index contributed by atoms with van der Waals surface area (Å²) in [6.45, 7) is 3.55. The van der Waals surface area contributed by atoms with E-state index in [9.17, 15) is 13.5 Å². The Morgan fingerprint density at radius 2 is 2.33 bits per heavy atom. The molecule has 102 valence electrons. The van der Waals surface area contributed by atoms with E-state index in [0.29, 0.717) is 19.6 Å². The highest BCUT2D eigenvalue weighted by Crippen LogP contribution is 2.16. The normalized spacial score (nSPS) is 25.7. The minimum Gasteiger partial charge on any atom is -0.390 e. The Kier molecular flexibility index (Phi) is 4.02. The van der Waals surface area contributed by atoms with Crippen LogP contribution in [0.2, 0.25) is 0 Å². The van der Waals surface area contributed by atoms with Gasteiger partial charge in [0, 0.05) is 25.0 Å². The first-order valence-corrected chi connectivity index (χ1v) is 8.39. The van der Waals surface area contributed by atoms with Crippen LogP contribution >= 0.6 is 11.3 Å². The van der Waals surface area contributed by atoms with Crippen LogP contribution in [0.4, 0.5) is 0 Å². The second-order valence-corrected chi connectivity index (χ2v) is 7.46. The Morgan fingerprint density at radius 1 is 1.61 bits per heavy atom. The van der Waals surface area contributed by atoms with E-state index in [-0.39, 0.29) is 0 Å². The van der Waals surface area contributed by atoms with Gasteiger partial charge in [-0.1, -0.05) is 0 Å². The molecule has 1 fully saturated rings. The van der Waals surface area contributed by atoms with E-state index in [1.807, 2.05) is 17.2 Å². The molecule has 1 aliphatic rings. The van der Waals surface area contributed by atoms with Crippen molar-refractivity contribution in [3.63, 3.8) is 0 Å². The van der Waals surface area contributed by atoms with Crippen LogP contribution in [0.15, 0.2) is 5.38 Å². The number of aliphatic hydroxyl groups is 1. The summed E-state index contributed by atoms with van der Waals surface area (Å²) in [5.74, 6) is 0. The largest absolute Gasteiger partial charge is 0.390 e. The van der Waals surface area contributed by atoms with Crippen molar-refractivity contribution in [3.05, 3.63) is 16.1 Å². The minimum absolute atomic E-state index is 0.431. The van der Waals surface area contributed by atoms with Crippen molar-refractivity contribution in [2.75, 3.05) is 19.3 Å². The lowest BCUT2D eigenvalue weighted by molar-refractivity contribution is 0.159. The number of nitrogens with one attached hydrogen (secondary N) is 1. The number of aliphatic hydroxyl groups excluding tert-OH is 1. The molecule has 0 aromatic carbocycles. The number of aromatic nitrogens is 1. The Balaban J connectivity index is 1.94. The second kappa shape index (κ2) is 5.22. The molecule has 2 N–H and O–H groups in total. The van der Waals surface area contributed by atoms with Gasteiger partial charge in [0.2, 0.25) is 10.0 Å². The van der Waals surface area contributed by atoms with E-state index in [0.717, 1.165) is 17.0 Å². The number of hydrogen-bond donors (Lipinski definition) is 2. The molecule has 0 spiro atoms. The molecule has 0 bridgehead atoms. The maximum absolute atomic E-state index is 11.1. The third-order valence-corrected chi connectivity index (χ3v) is 4.34. The topological polar surface area (TPSA) is 82.5 Å². The summed E-state index contributed by atoms with van der Waals surface area (Å²) in [5.41, 5.74) is 0.963. The second-order valence-electron chi connectivity index (χ2n) is 4.62. The summed E-state index contributed by atoms with van der Waals surface area (Å²) in [6.07, 6.45) is 0.436. The third-order valence-electron chi connectivity index (χ3n) is 2.78. The number of aryl methyl sites for hydroxylation is 1. The molecule has 1 aromatic heterocycles. The van der Waals surface area contributed by atoms with Crippen LogP contribution in [-0.2, 0) is 16.6 Å². The van der Waals surface area contributed by atoms with Crippen molar-refractivity contribution in [2.45, 2.75) is 25.6 Å². The fourth-order valence-electron chi connectivity index (χ4n) is 2.10. The van der Waals surface area contributed by atoms with Gasteiger partial charge >= 0.3 is 0 Å². The van der Waals surface area contributed by atoms with Gasteiger partial charge in [0.15, 0.2) is 0 Å². The van der Waals surface area contributed by atoms with Crippen molar-refractivity contribution in [2.24, 2.45) is 0 Å². The van der Waals surface area contributed by atoms with Crippen LogP contribution in [0, 0.1) is 6.92 Å². The lowest BCUT2D eigenvalue weighted by Crippen LogP contribution is -2.42. The van der Waals surface area contributed by atoms with E-state index in [4.69, 9.17) is 0 Å². The third kappa shape index (κ3) is 3.72. The first-order chi connectivity index (χ1) is 8.33. The van der Waals surface area contributed by atoms with Crippen LogP contribution in [0.25, 0.3) is 0 Å². The first-order valence-electron chi connectivity index (χ1n) is 5.62. The molecule has 0 unspecified atom stereocenters. The molecule has 6 nitrogen and oxygen atoms in total. The number of nitrogens with zero attached hydrogens (tertiary/aromatic N) is 2. The smallest absolute Gasteiger partial charge is 0.209 e. The van der Waals surface area contributed by atoms with Gasteiger partial charge in [-0.25, -0.2) is 18.1 Å². The monoisotopic (exact) mass is 291 g/mol. The number of thiazole rings is 1. The molecule has 0 saturated carbocycles. The van der Waals surface area contributed by atoms with Crippen LogP contribution in [-0.4, -0.2) is 54.9 Å². The molecule has 0 aliphatic carbocycles. The van der Waals surface area contributed by atoms with Gasteiger partial charge in [-0.2, -0.15) is 0 Å². The van der Waals surface area contributed by atoms with Gasteiger partial charge in [0.1, 0.15) is 0 Å². The highest BCUT2D eigenvalue weighted by atomic mass is 32.2. The van der Waals surface area contributed by atoms with E-state index in [1.165, 1.54) is 0 Å². The Hall–Kier alpha value is -0.540. The van der Waals surface area contributed by atoms with Gasteiger partial charge in [0.25, 0.3) is 0 Å². The van der Waals surface area contributed by atoms with Gasteiger partial charge in [-0.3, -0.25) is 4.90 Å². The van der Waals surface area contributed by atoms with Crippen molar-refractivity contribution in [1.29, 1.82) is 0 Å². The summed E-state index contributed by atoms with van der Waals surface area (Å²) in [4.78, 5) is 6.36. The van der Waals surface area contributed by atoms with Crippen LogP contribution in [0.3, 0.4) is 0 Å². The zero-order valence-corrected chi connectivity index (χ0v) is 12.0. The maximum atomic E-state index is 11.1. The van der Waals surface area contributed by atoms with Crippen LogP contribution < -0.4 is 4.72 Å². The molecule has 2 heterocycles. The molecule has 0 amide bonds. The van der Waals surface area contributed by atoms with Crippen molar-refractivity contribution in [3.8, 4) is 0 Å². The van der Waals surface area contributed by atoms with Gasteiger partial charge in [0.05, 0.1) is 29.1 Å². The molecule has 2 atom stereocenters. The highest BCUT2D eigenvalue weighted by Gasteiger charge is 2.33. The summed E-state index contributed by atoms with van der Waals surface area (Å²) >= 11 is 1.59. The molecular weight excluding hydrogens is 274 g/mol. The Bertz CT molecular complexity index is 514. The van der Waals surface area contributed by atoms with Crippen molar-refractivity contribution in [1.82, 2.24) is 14.6 Å². The van der Waals surface area contributed by atoms with Gasteiger partial charge in [-0.15, -0.1) is 11.3 Å². The minimum atomic E-state index is -3.28. The van der Waals surface area contributed by atoms with Crippen LogP contribution in [0.5, 0.6) is 0 Å². The van der Waals surface area contributed by atoms with E-state index in [2.05, 4.69) is 9.71 Å². The van der Waals surface area contributed by atoms with E-state index >= 15 is 0 Å². The number of hydrogen-bond acceptors (Lipinski definition) is 6. The average molecular weight is 291 g/mol. The quantitative estimate of drug-likeness (QED) is 0.785. The fraction of sp³-hybridized carbons (Fsp3) is 0.700. The molecular formula is C10H17N3O3S2. The summed E-state index contributed by atoms with van der Waals surface area (Å²) < 4.78 is 24.8.